The fourth-order valence-electron chi connectivity index (χ4n) is 4.20. The molecule has 1 aromatic heterocycles. The molecule has 2 fully saturated rings. The lowest BCUT2D eigenvalue weighted by Crippen LogP contribution is -2.61. The molecule has 2 aliphatic heterocycles. The van der Waals surface area contributed by atoms with Gasteiger partial charge in [0.25, 0.3) is 5.91 Å². The third kappa shape index (κ3) is 3.67. The van der Waals surface area contributed by atoms with Crippen LogP contribution in [-0.4, -0.2) is 58.0 Å². The second kappa shape index (κ2) is 7.30. The van der Waals surface area contributed by atoms with E-state index < -0.39 is 5.54 Å². The van der Waals surface area contributed by atoms with Crippen LogP contribution in [0.15, 0.2) is 36.7 Å². The van der Waals surface area contributed by atoms with E-state index in [-0.39, 0.29) is 17.2 Å². The van der Waals surface area contributed by atoms with Gasteiger partial charge >= 0.3 is 0 Å². The van der Waals surface area contributed by atoms with Gasteiger partial charge in [-0.2, -0.15) is 0 Å². The lowest BCUT2D eigenvalue weighted by molar-refractivity contribution is -0.128. The molecule has 7 nitrogen and oxygen atoms in total. The monoisotopic (exact) mass is 395 g/mol. The second-order valence-electron chi connectivity index (χ2n) is 8.98. The maximum atomic E-state index is 13.3. The van der Waals surface area contributed by atoms with Crippen molar-refractivity contribution in [3.05, 3.63) is 42.2 Å². The Morgan fingerprint density at radius 1 is 1.14 bits per heavy atom. The van der Waals surface area contributed by atoms with Crippen LogP contribution in [0.5, 0.6) is 0 Å². The van der Waals surface area contributed by atoms with Crippen LogP contribution in [0, 0.1) is 5.41 Å². The van der Waals surface area contributed by atoms with E-state index in [1.807, 2.05) is 47.0 Å². The Kier molecular flexibility index (Phi) is 4.94. The van der Waals surface area contributed by atoms with Crippen molar-refractivity contribution in [1.82, 2.24) is 25.1 Å². The summed E-state index contributed by atoms with van der Waals surface area (Å²) in [6, 6.07) is 7.60. The molecular formula is C22H29N5O2. The van der Waals surface area contributed by atoms with Gasteiger partial charge < -0.3 is 20.1 Å². The molecule has 2 aliphatic rings. The van der Waals surface area contributed by atoms with Gasteiger partial charge in [-0.25, -0.2) is 4.98 Å². The number of carbonyl (C=O) groups excluding carboxylic acids is 2. The van der Waals surface area contributed by atoms with Crippen molar-refractivity contribution in [1.29, 1.82) is 0 Å². The smallest absolute Gasteiger partial charge is 0.254 e. The van der Waals surface area contributed by atoms with E-state index in [2.05, 4.69) is 29.5 Å². The molecule has 0 radical (unpaired) electrons. The van der Waals surface area contributed by atoms with Crippen molar-refractivity contribution in [2.75, 3.05) is 26.2 Å². The summed E-state index contributed by atoms with van der Waals surface area (Å²) < 4.78 is 1.92. The quantitative estimate of drug-likeness (QED) is 0.813. The van der Waals surface area contributed by atoms with Crippen molar-refractivity contribution < 1.29 is 9.59 Å². The van der Waals surface area contributed by atoms with Crippen LogP contribution < -0.4 is 10.6 Å². The molecule has 0 atom stereocenters. The predicted octanol–water partition coefficient (Wildman–Crippen LogP) is 1.81. The summed E-state index contributed by atoms with van der Waals surface area (Å²) >= 11 is 0. The summed E-state index contributed by atoms with van der Waals surface area (Å²) in [6.45, 7) is 6.84. The average Bonchev–Trinajstić information content (AvgIpc) is 3.12. The Morgan fingerprint density at radius 2 is 1.86 bits per heavy atom. The van der Waals surface area contributed by atoms with Crippen LogP contribution in [0.3, 0.4) is 0 Å². The molecule has 2 aromatic rings. The number of benzene rings is 1. The fraction of sp³-hybridized carbons (Fsp3) is 0.500. The third-order valence-corrected chi connectivity index (χ3v) is 6.19. The highest BCUT2D eigenvalue weighted by molar-refractivity contribution is 6.00. The summed E-state index contributed by atoms with van der Waals surface area (Å²) in [6.07, 6.45) is 4.84. The molecule has 0 bridgehead atoms. The lowest BCUT2D eigenvalue weighted by atomic mass is 9.85. The van der Waals surface area contributed by atoms with Crippen molar-refractivity contribution in [3.8, 4) is 11.4 Å². The Bertz CT molecular complexity index is 925. The largest absolute Gasteiger partial charge is 0.354 e. The number of aryl methyl sites for hydroxylation is 1. The van der Waals surface area contributed by atoms with Gasteiger partial charge in [0.2, 0.25) is 5.91 Å². The first-order valence-corrected chi connectivity index (χ1v) is 10.2. The Balaban J connectivity index is 1.52. The van der Waals surface area contributed by atoms with Crippen molar-refractivity contribution in [3.63, 3.8) is 0 Å². The zero-order valence-corrected chi connectivity index (χ0v) is 17.4. The standard InChI is InChI=1S/C22H29N5O2/c1-21(2)14-24-20(29)22(25-15-21)8-11-27(12-9-22)19(28)17-7-5-4-6-16(17)18-23-10-13-26(18)3/h4-7,10,13,25H,8-9,11-12,14-15H2,1-3H3,(H,24,29). The first-order valence-electron chi connectivity index (χ1n) is 10.2. The molecule has 3 heterocycles. The van der Waals surface area contributed by atoms with Crippen molar-refractivity contribution in [2.24, 2.45) is 12.5 Å². The molecule has 1 aromatic carbocycles. The summed E-state index contributed by atoms with van der Waals surface area (Å²) in [5.41, 5.74) is 0.922. The first kappa shape index (κ1) is 19.6. The van der Waals surface area contributed by atoms with Gasteiger partial charge in [-0.3, -0.25) is 9.59 Å². The average molecular weight is 396 g/mol. The molecule has 29 heavy (non-hydrogen) atoms. The highest BCUT2D eigenvalue weighted by atomic mass is 16.2. The molecular weight excluding hydrogens is 366 g/mol. The van der Waals surface area contributed by atoms with Gasteiger partial charge in [0.15, 0.2) is 0 Å². The van der Waals surface area contributed by atoms with Crippen LogP contribution in [0.4, 0.5) is 0 Å². The number of rotatable bonds is 2. The summed E-state index contributed by atoms with van der Waals surface area (Å²) in [5.74, 6) is 0.825. The van der Waals surface area contributed by atoms with Crippen molar-refractivity contribution in [2.45, 2.75) is 32.2 Å². The Morgan fingerprint density at radius 3 is 2.55 bits per heavy atom. The number of hydrogen-bond acceptors (Lipinski definition) is 4. The fourth-order valence-corrected chi connectivity index (χ4v) is 4.20. The zero-order valence-electron chi connectivity index (χ0n) is 17.4. The van der Waals surface area contributed by atoms with E-state index in [0.717, 1.165) is 17.9 Å². The minimum Gasteiger partial charge on any atom is -0.354 e. The molecule has 1 spiro atoms. The number of carbonyl (C=O) groups is 2. The van der Waals surface area contributed by atoms with E-state index in [0.29, 0.717) is 38.0 Å². The molecule has 0 saturated carbocycles. The summed E-state index contributed by atoms with van der Waals surface area (Å²) in [7, 11) is 1.92. The van der Waals surface area contributed by atoms with Gasteiger partial charge in [0.05, 0.1) is 5.56 Å². The highest BCUT2D eigenvalue weighted by Crippen LogP contribution is 2.29. The lowest BCUT2D eigenvalue weighted by Gasteiger charge is -2.40. The molecule has 2 saturated heterocycles. The van der Waals surface area contributed by atoms with E-state index in [1.165, 1.54) is 0 Å². The van der Waals surface area contributed by atoms with Crippen LogP contribution in [-0.2, 0) is 11.8 Å². The molecule has 2 amide bonds. The number of hydrogen-bond donors (Lipinski definition) is 2. The van der Waals surface area contributed by atoms with Gasteiger partial charge in [-0.05, 0) is 24.3 Å². The number of imidazole rings is 1. The zero-order chi connectivity index (χ0) is 20.6. The minimum atomic E-state index is -0.580. The van der Waals surface area contributed by atoms with E-state index >= 15 is 0 Å². The number of piperidine rings is 1. The third-order valence-electron chi connectivity index (χ3n) is 6.19. The predicted molar refractivity (Wildman–Crippen MR) is 111 cm³/mol. The molecule has 154 valence electrons. The number of nitrogens with one attached hydrogen (secondary N) is 2. The normalized spacial score (nSPS) is 20.9. The van der Waals surface area contributed by atoms with Gasteiger partial charge in [0, 0.05) is 51.2 Å². The molecule has 4 rings (SSSR count). The van der Waals surface area contributed by atoms with Crippen LogP contribution >= 0.6 is 0 Å². The van der Waals surface area contributed by atoms with Crippen LogP contribution in [0.25, 0.3) is 11.4 Å². The van der Waals surface area contributed by atoms with Crippen LogP contribution in [0.1, 0.15) is 37.0 Å². The van der Waals surface area contributed by atoms with Gasteiger partial charge in [-0.15, -0.1) is 0 Å². The number of nitrogens with zero attached hydrogens (tertiary/aromatic N) is 3. The molecule has 0 unspecified atom stereocenters. The first-order chi connectivity index (χ1) is 13.8. The Labute approximate surface area is 171 Å². The summed E-state index contributed by atoms with van der Waals surface area (Å²) in [5, 5.41) is 6.60. The van der Waals surface area contributed by atoms with Gasteiger partial charge in [0.1, 0.15) is 11.4 Å². The van der Waals surface area contributed by atoms with E-state index in [1.54, 1.807) is 6.20 Å². The summed E-state index contributed by atoms with van der Waals surface area (Å²) in [4.78, 5) is 32.4. The molecule has 7 heteroatoms. The molecule has 0 aliphatic carbocycles. The number of likely N-dealkylation sites (tertiary alicyclic amines) is 1. The maximum absolute atomic E-state index is 13.3. The second-order valence-corrected chi connectivity index (χ2v) is 8.98. The number of amides is 2. The molecule has 2 N–H and O–H groups in total. The van der Waals surface area contributed by atoms with Crippen molar-refractivity contribution >= 4 is 11.8 Å². The van der Waals surface area contributed by atoms with E-state index in [9.17, 15) is 9.59 Å². The topological polar surface area (TPSA) is 79.3 Å². The highest BCUT2D eigenvalue weighted by Gasteiger charge is 2.45. The van der Waals surface area contributed by atoms with Gasteiger partial charge in [-0.1, -0.05) is 32.0 Å². The maximum Gasteiger partial charge on any atom is 0.254 e. The van der Waals surface area contributed by atoms with E-state index in [4.69, 9.17) is 0 Å². The van der Waals surface area contributed by atoms with Crippen LogP contribution in [0.2, 0.25) is 0 Å². The Hall–Kier alpha value is -2.67. The number of aromatic nitrogens is 2. The SMILES string of the molecule is Cn1ccnc1-c1ccccc1C(=O)N1CCC2(CC1)NCC(C)(C)CNC2=O. The minimum absolute atomic E-state index is 0.00666.